The maximum Gasteiger partial charge on any atom is 0.270 e. The van der Waals surface area contributed by atoms with E-state index in [2.05, 4.69) is 17.2 Å². The highest BCUT2D eigenvalue weighted by atomic mass is 16.6. The molecule has 1 N–H and O–H groups in total. The topological polar surface area (TPSA) is 81.2 Å². The van der Waals surface area contributed by atoms with E-state index in [1.807, 2.05) is 13.0 Å². The highest BCUT2D eigenvalue weighted by Gasteiger charge is 2.12. The van der Waals surface area contributed by atoms with Crippen LogP contribution in [0.1, 0.15) is 24.8 Å². The number of benzene rings is 1. The van der Waals surface area contributed by atoms with Gasteiger partial charge in [-0.25, -0.2) is 4.98 Å². The molecule has 0 amide bonds. The first-order chi connectivity index (χ1) is 10.1. The number of non-ortho nitro benzene ring substituents is 1. The highest BCUT2D eigenvalue weighted by Crippen LogP contribution is 2.26. The van der Waals surface area contributed by atoms with Crippen LogP contribution < -0.4 is 5.32 Å². The lowest BCUT2D eigenvalue weighted by atomic mass is 10.1. The first kappa shape index (κ1) is 15.2. The molecule has 0 aliphatic rings. The lowest BCUT2D eigenvalue weighted by Crippen LogP contribution is -2.17. The minimum absolute atomic E-state index is 0.0626. The molecule has 0 bridgehead atoms. The van der Waals surface area contributed by atoms with Crippen LogP contribution in [0.25, 0.3) is 11.3 Å². The van der Waals surface area contributed by atoms with Gasteiger partial charge in [-0.1, -0.05) is 6.92 Å². The Morgan fingerprint density at radius 3 is 2.86 bits per heavy atom. The van der Waals surface area contributed by atoms with E-state index in [1.165, 1.54) is 12.1 Å². The van der Waals surface area contributed by atoms with Crippen molar-refractivity contribution in [2.24, 2.45) is 0 Å². The van der Waals surface area contributed by atoms with Crippen molar-refractivity contribution in [1.29, 1.82) is 0 Å². The van der Waals surface area contributed by atoms with Gasteiger partial charge >= 0.3 is 0 Å². The molecule has 1 heterocycles. The maximum atomic E-state index is 10.9. The maximum absolute atomic E-state index is 10.9. The van der Waals surface area contributed by atoms with Crippen LogP contribution in [0.5, 0.6) is 0 Å². The Bertz CT molecular complexity index is 622. The standard InChI is InChI=1S/C15H19N3O3/c1-3-5-16-6-4-15-17-10-14(21-15)12-7-11(2)8-13(9-12)18(19)20/h7-10,16H,3-6H2,1-2H3. The molecular formula is C15H19N3O3. The molecule has 1 aromatic heterocycles. The molecule has 0 fully saturated rings. The van der Waals surface area contributed by atoms with Crippen LogP contribution in [-0.2, 0) is 6.42 Å². The fourth-order valence-corrected chi connectivity index (χ4v) is 2.07. The third-order valence-electron chi connectivity index (χ3n) is 3.05. The van der Waals surface area contributed by atoms with E-state index < -0.39 is 4.92 Å². The third kappa shape index (κ3) is 4.13. The molecule has 6 nitrogen and oxygen atoms in total. The number of aryl methyl sites for hydroxylation is 1. The highest BCUT2D eigenvalue weighted by molar-refractivity contribution is 5.61. The number of hydrogen-bond donors (Lipinski definition) is 1. The monoisotopic (exact) mass is 289 g/mol. The molecule has 1 aromatic carbocycles. The van der Waals surface area contributed by atoms with Crippen molar-refractivity contribution in [3.63, 3.8) is 0 Å². The molecule has 6 heteroatoms. The predicted octanol–water partition coefficient (Wildman–Crippen LogP) is 3.10. The molecule has 0 saturated carbocycles. The summed E-state index contributed by atoms with van der Waals surface area (Å²) in [4.78, 5) is 14.7. The zero-order valence-electron chi connectivity index (χ0n) is 12.3. The number of nitrogens with zero attached hydrogens (tertiary/aromatic N) is 2. The van der Waals surface area contributed by atoms with Gasteiger partial charge < -0.3 is 9.73 Å². The van der Waals surface area contributed by atoms with E-state index in [9.17, 15) is 10.1 Å². The fraction of sp³-hybridized carbons (Fsp3) is 0.400. The quantitative estimate of drug-likeness (QED) is 0.481. The summed E-state index contributed by atoms with van der Waals surface area (Å²) in [7, 11) is 0. The molecule has 21 heavy (non-hydrogen) atoms. The Morgan fingerprint density at radius 2 is 2.14 bits per heavy atom. The average Bonchev–Trinajstić information content (AvgIpc) is 2.92. The summed E-state index contributed by atoms with van der Waals surface area (Å²) >= 11 is 0. The zero-order valence-corrected chi connectivity index (χ0v) is 12.3. The van der Waals surface area contributed by atoms with Gasteiger partial charge in [0.15, 0.2) is 11.7 Å². The molecule has 0 spiro atoms. The van der Waals surface area contributed by atoms with Crippen molar-refractivity contribution in [3.8, 4) is 11.3 Å². The number of nitrogens with one attached hydrogen (secondary N) is 1. The lowest BCUT2D eigenvalue weighted by Gasteiger charge is -2.01. The number of rotatable bonds is 7. The van der Waals surface area contributed by atoms with Crippen LogP contribution >= 0.6 is 0 Å². The summed E-state index contributed by atoms with van der Waals surface area (Å²) < 4.78 is 5.67. The second-order valence-electron chi connectivity index (χ2n) is 4.93. The molecule has 0 radical (unpaired) electrons. The van der Waals surface area contributed by atoms with Crippen LogP contribution in [0.3, 0.4) is 0 Å². The Labute approximate surface area is 123 Å². The predicted molar refractivity (Wildman–Crippen MR) is 80.2 cm³/mol. The fourth-order valence-electron chi connectivity index (χ4n) is 2.07. The summed E-state index contributed by atoms with van der Waals surface area (Å²) in [6.45, 7) is 5.71. The van der Waals surface area contributed by atoms with E-state index in [4.69, 9.17) is 4.42 Å². The van der Waals surface area contributed by atoms with Crippen molar-refractivity contribution in [2.45, 2.75) is 26.7 Å². The van der Waals surface area contributed by atoms with Gasteiger partial charge in [0.25, 0.3) is 5.69 Å². The molecule has 0 saturated heterocycles. The van der Waals surface area contributed by atoms with E-state index >= 15 is 0 Å². The number of oxazole rings is 1. The van der Waals surface area contributed by atoms with Crippen LogP contribution in [0.2, 0.25) is 0 Å². The molecule has 2 aromatic rings. The van der Waals surface area contributed by atoms with Crippen LogP contribution in [-0.4, -0.2) is 23.0 Å². The Hall–Kier alpha value is -2.21. The van der Waals surface area contributed by atoms with Crippen molar-refractivity contribution >= 4 is 5.69 Å². The van der Waals surface area contributed by atoms with Crippen LogP contribution in [0, 0.1) is 17.0 Å². The van der Waals surface area contributed by atoms with Crippen molar-refractivity contribution in [3.05, 3.63) is 46.0 Å². The lowest BCUT2D eigenvalue weighted by molar-refractivity contribution is -0.384. The van der Waals surface area contributed by atoms with E-state index in [-0.39, 0.29) is 5.69 Å². The van der Waals surface area contributed by atoms with Crippen molar-refractivity contribution in [1.82, 2.24) is 10.3 Å². The van der Waals surface area contributed by atoms with Crippen molar-refractivity contribution < 1.29 is 9.34 Å². The minimum atomic E-state index is -0.400. The molecule has 112 valence electrons. The molecule has 0 aliphatic heterocycles. The Balaban J connectivity index is 2.12. The number of nitro benzene ring substituents is 1. The summed E-state index contributed by atoms with van der Waals surface area (Å²) in [5.41, 5.74) is 1.57. The van der Waals surface area contributed by atoms with Crippen molar-refractivity contribution in [2.75, 3.05) is 13.1 Å². The van der Waals surface area contributed by atoms with Crippen LogP contribution in [0.15, 0.2) is 28.8 Å². The molecule has 0 atom stereocenters. The summed E-state index contributed by atoms with van der Waals surface area (Å²) in [5, 5.41) is 14.2. The Kier molecular flexibility index (Phi) is 5.05. The molecule has 0 unspecified atom stereocenters. The second-order valence-corrected chi connectivity index (χ2v) is 4.93. The smallest absolute Gasteiger partial charge is 0.270 e. The summed E-state index contributed by atoms with van der Waals surface area (Å²) in [6, 6.07) is 4.90. The third-order valence-corrected chi connectivity index (χ3v) is 3.05. The second kappa shape index (κ2) is 6.99. The van der Waals surface area contributed by atoms with Gasteiger partial charge in [-0.2, -0.15) is 0 Å². The first-order valence-electron chi connectivity index (χ1n) is 7.02. The SMILES string of the molecule is CCCNCCc1ncc(-c2cc(C)cc([N+](=O)[O-])c2)o1. The number of hydrogen-bond acceptors (Lipinski definition) is 5. The van der Waals surface area contributed by atoms with E-state index in [0.717, 1.165) is 25.1 Å². The first-order valence-corrected chi connectivity index (χ1v) is 7.02. The zero-order chi connectivity index (χ0) is 15.2. The molecule has 2 rings (SSSR count). The van der Waals surface area contributed by atoms with Gasteiger partial charge in [0.1, 0.15) is 0 Å². The minimum Gasteiger partial charge on any atom is -0.441 e. The van der Waals surface area contributed by atoms with Gasteiger partial charge in [0, 0.05) is 30.7 Å². The summed E-state index contributed by atoms with van der Waals surface area (Å²) in [5.74, 6) is 1.20. The largest absolute Gasteiger partial charge is 0.441 e. The normalized spacial score (nSPS) is 10.8. The van der Waals surface area contributed by atoms with E-state index in [1.54, 1.807) is 6.20 Å². The number of aromatic nitrogens is 1. The van der Waals surface area contributed by atoms with Gasteiger partial charge in [-0.3, -0.25) is 10.1 Å². The molecule has 0 aliphatic carbocycles. The average molecular weight is 289 g/mol. The number of nitro groups is 1. The molecular weight excluding hydrogens is 270 g/mol. The van der Waals surface area contributed by atoms with Gasteiger partial charge in [-0.05, 0) is 31.5 Å². The van der Waals surface area contributed by atoms with Gasteiger partial charge in [0.2, 0.25) is 0 Å². The Morgan fingerprint density at radius 1 is 1.33 bits per heavy atom. The van der Waals surface area contributed by atoms with Crippen LogP contribution in [0.4, 0.5) is 5.69 Å². The van der Waals surface area contributed by atoms with E-state index in [0.29, 0.717) is 23.6 Å². The van der Waals surface area contributed by atoms with Gasteiger partial charge in [-0.15, -0.1) is 0 Å². The summed E-state index contributed by atoms with van der Waals surface area (Å²) in [6.07, 6.45) is 3.41. The van der Waals surface area contributed by atoms with Gasteiger partial charge in [0.05, 0.1) is 11.1 Å².